The summed E-state index contributed by atoms with van der Waals surface area (Å²) in [6.45, 7) is 0.746. The zero-order valence-electron chi connectivity index (χ0n) is 13.4. The van der Waals surface area contributed by atoms with Crippen LogP contribution in [0, 0.1) is 0 Å². The molecule has 3 aromatic rings. The number of aromatic nitrogens is 2. The number of nitrogens with two attached hydrogens (primary N) is 1. The quantitative estimate of drug-likeness (QED) is 0.383. The van der Waals surface area contributed by atoms with Crippen LogP contribution in [0.3, 0.4) is 0 Å². The van der Waals surface area contributed by atoms with Crippen LogP contribution in [0.15, 0.2) is 39.5 Å². The summed E-state index contributed by atoms with van der Waals surface area (Å²) in [5.41, 5.74) is 6.44. The summed E-state index contributed by atoms with van der Waals surface area (Å²) in [6, 6.07) is 4.57. The third kappa shape index (κ3) is 5.24. The van der Waals surface area contributed by atoms with Gasteiger partial charge in [0.1, 0.15) is 11.3 Å². The van der Waals surface area contributed by atoms with Crippen molar-refractivity contribution in [3.63, 3.8) is 0 Å². The Morgan fingerprint density at radius 1 is 1.32 bits per heavy atom. The second kappa shape index (κ2) is 9.09. The molecule has 4 rings (SSSR count). The molecule has 132 valence electrons. The van der Waals surface area contributed by atoms with Gasteiger partial charge in [-0.1, -0.05) is 18.2 Å². The van der Waals surface area contributed by atoms with Crippen LogP contribution < -0.4 is 11.1 Å². The summed E-state index contributed by atoms with van der Waals surface area (Å²) in [5.74, 6) is 0.786. The van der Waals surface area contributed by atoms with Gasteiger partial charge in [-0.25, -0.2) is 4.98 Å². The van der Waals surface area contributed by atoms with Crippen molar-refractivity contribution < 1.29 is 0 Å². The van der Waals surface area contributed by atoms with Gasteiger partial charge < -0.3 is 11.1 Å². The summed E-state index contributed by atoms with van der Waals surface area (Å²) in [6.07, 6.45) is 7.80. The van der Waals surface area contributed by atoms with E-state index < -0.39 is 0 Å². The molecule has 0 spiro atoms. The molecule has 3 N–H and O–H groups in total. The summed E-state index contributed by atoms with van der Waals surface area (Å²) < 4.78 is 1.97. The number of hydrogen-bond donors (Lipinski definition) is 2. The molecule has 8 heteroatoms. The van der Waals surface area contributed by atoms with E-state index in [0.717, 1.165) is 33.5 Å². The van der Waals surface area contributed by atoms with E-state index in [9.17, 15) is 0 Å². The van der Waals surface area contributed by atoms with Crippen LogP contribution in [0.2, 0.25) is 5.28 Å². The van der Waals surface area contributed by atoms with E-state index in [4.69, 9.17) is 17.3 Å². The molecule has 0 aromatic carbocycles. The van der Waals surface area contributed by atoms with Crippen molar-refractivity contribution in [3.8, 4) is 0 Å². The van der Waals surface area contributed by atoms with Gasteiger partial charge in [-0.3, -0.25) is 0 Å². The normalized spacial score (nSPS) is 16.5. The number of rotatable bonds is 3. The SMILES string of the molecule is Clc1nc(NCc2cccs2)c2scc(Br)c2n1.NC1CC=CCC1. The number of allylic oxidation sites excluding steroid dienone is 1. The van der Waals surface area contributed by atoms with Gasteiger partial charge in [0.25, 0.3) is 0 Å². The molecule has 0 fully saturated rings. The molecule has 0 bridgehead atoms. The van der Waals surface area contributed by atoms with Crippen molar-refractivity contribution in [1.29, 1.82) is 0 Å². The number of nitrogens with one attached hydrogen (secondary N) is 1. The molecule has 0 radical (unpaired) electrons. The number of nitrogens with zero attached hydrogens (tertiary/aromatic N) is 2. The minimum absolute atomic E-state index is 0.260. The van der Waals surface area contributed by atoms with E-state index in [1.807, 2.05) is 11.4 Å². The van der Waals surface area contributed by atoms with Gasteiger partial charge in [-0.15, -0.1) is 22.7 Å². The Labute approximate surface area is 168 Å². The Morgan fingerprint density at radius 2 is 2.20 bits per heavy atom. The molecule has 0 saturated carbocycles. The predicted molar refractivity (Wildman–Crippen MR) is 113 cm³/mol. The maximum Gasteiger partial charge on any atom is 0.225 e. The smallest absolute Gasteiger partial charge is 0.225 e. The van der Waals surface area contributed by atoms with Gasteiger partial charge >= 0.3 is 0 Å². The Balaban J connectivity index is 0.000000219. The fourth-order valence-corrected chi connectivity index (χ4v) is 4.73. The minimum atomic E-state index is 0.260. The average Bonchev–Trinajstić information content (AvgIpc) is 3.25. The van der Waals surface area contributed by atoms with Crippen LogP contribution in [0.25, 0.3) is 10.2 Å². The molecular weight excluding hydrogens is 440 g/mol. The highest BCUT2D eigenvalue weighted by Crippen LogP contribution is 2.34. The van der Waals surface area contributed by atoms with Gasteiger partial charge in [0.15, 0.2) is 0 Å². The fourth-order valence-electron chi connectivity index (χ4n) is 2.38. The average molecular weight is 458 g/mol. The van der Waals surface area contributed by atoms with Gasteiger partial charge in [0, 0.05) is 16.3 Å². The number of halogens is 2. The molecule has 0 saturated heterocycles. The van der Waals surface area contributed by atoms with E-state index in [1.54, 1.807) is 22.7 Å². The molecule has 1 aliphatic carbocycles. The Kier molecular flexibility index (Phi) is 6.84. The van der Waals surface area contributed by atoms with Crippen LogP contribution in [0.1, 0.15) is 24.1 Å². The topological polar surface area (TPSA) is 63.8 Å². The maximum absolute atomic E-state index is 5.94. The first-order chi connectivity index (χ1) is 12.1. The van der Waals surface area contributed by atoms with Crippen LogP contribution in [-0.4, -0.2) is 16.0 Å². The third-order valence-corrected chi connectivity index (χ3v) is 6.59. The van der Waals surface area contributed by atoms with E-state index in [1.165, 1.54) is 17.7 Å². The van der Waals surface area contributed by atoms with Gasteiger partial charge in [-0.05, 0) is 58.2 Å². The summed E-state index contributed by atoms with van der Waals surface area (Å²) in [7, 11) is 0. The molecule has 0 amide bonds. The first kappa shape index (κ1) is 18.8. The Hall–Kier alpha value is -0.990. The van der Waals surface area contributed by atoms with E-state index in [0.29, 0.717) is 6.04 Å². The van der Waals surface area contributed by atoms with Crippen LogP contribution in [0.5, 0.6) is 0 Å². The highest BCUT2D eigenvalue weighted by atomic mass is 79.9. The van der Waals surface area contributed by atoms with Crippen molar-refractivity contribution in [2.45, 2.75) is 31.8 Å². The van der Waals surface area contributed by atoms with Crippen LogP contribution in [-0.2, 0) is 6.54 Å². The monoisotopic (exact) mass is 456 g/mol. The summed E-state index contributed by atoms with van der Waals surface area (Å²) in [4.78, 5) is 9.73. The lowest BCUT2D eigenvalue weighted by molar-refractivity contribution is 0.606. The maximum atomic E-state index is 5.94. The van der Waals surface area contributed by atoms with Crippen molar-refractivity contribution in [2.75, 3.05) is 5.32 Å². The lowest BCUT2D eigenvalue weighted by Gasteiger charge is -2.09. The van der Waals surface area contributed by atoms with Crippen molar-refractivity contribution in [2.24, 2.45) is 5.73 Å². The van der Waals surface area contributed by atoms with E-state index >= 15 is 0 Å². The molecular formula is C17H18BrClN4S2. The minimum Gasteiger partial charge on any atom is -0.364 e. The molecule has 4 nitrogen and oxygen atoms in total. The summed E-state index contributed by atoms with van der Waals surface area (Å²) in [5, 5.41) is 7.62. The lowest BCUT2D eigenvalue weighted by Crippen LogP contribution is -2.19. The predicted octanol–water partition coefficient (Wildman–Crippen LogP) is 5.83. The molecule has 1 atom stereocenters. The van der Waals surface area contributed by atoms with Gasteiger partial charge in [0.05, 0.1) is 15.7 Å². The highest BCUT2D eigenvalue weighted by Gasteiger charge is 2.11. The number of hydrogen-bond acceptors (Lipinski definition) is 6. The van der Waals surface area contributed by atoms with Crippen LogP contribution in [0.4, 0.5) is 5.82 Å². The standard InChI is InChI=1S/C11H7BrClN3S2.C6H11N/c12-7-5-18-9-8(7)15-11(13)16-10(9)14-4-6-2-1-3-17-6;7-6-4-2-1-3-5-6/h1-3,5H,4H2,(H,14,15,16);1-2,6H,3-5,7H2. The van der Waals surface area contributed by atoms with Crippen molar-refractivity contribution in [3.05, 3.63) is 49.7 Å². The zero-order chi connectivity index (χ0) is 17.6. The molecule has 3 heterocycles. The van der Waals surface area contributed by atoms with Crippen molar-refractivity contribution in [1.82, 2.24) is 9.97 Å². The Morgan fingerprint density at radius 3 is 2.84 bits per heavy atom. The van der Waals surface area contributed by atoms with Gasteiger partial charge in [0.2, 0.25) is 5.28 Å². The first-order valence-electron chi connectivity index (χ1n) is 7.90. The number of fused-ring (bicyclic) bond motifs is 1. The van der Waals surface area contributed by atoms with E-state index in [2.05, 4.69) is 54.8 Å². The second-order valence-corrected chi connectivity index (χ2v) is 8.68. The largest absolute Gasteiger partial charge is 0.364 e. The lowest BCUT2D eigenvalue weighted by atomic mass is 10.0. The molecule has 3 aromatic heterocycles. The van der Waals surface area contributed by atoms with E-state index in [-0.39, 0.29) is 5.28 Å². The first-order valence-corrected chi connectivity index (χ1v) is 10.8. The Bertz CT molecular complexity index is 848. The number of thiophene rings is 2. The molecule has 1 aliphatic rings. The fraction of sp³-hybridized carbons (Fsp3) is 0.294. The molecule has 0 aliphatic heterocycles. The second-order valence-electron chi connectivity index (χ2n) is 5.58. The van der Waals surface area contributed by atoms with Gasteiger partial charge in [-0.2, -0.15) is 4.98 Å². The number of anilines is 1. The summed E-state index contributed by atoms with van der Waals surface area (Å²) >= 11 is 12.7. The third-order valence-electron chi connectivity index (χ3n) is 3.66. The highest BCUT2D eigenvalue weighted by molar-refractivity contribution is 9.10. The molecule has 1 unspecified atom stereocenters. The van der Waals surface area contributed by atoms with Crippen molar-refractivity contribution >= 4 is 66.2 Å². The zero-order valence-corrected chi connectivity index (χ0v) is 17.4. The molecule has 25 heavy (non-hydrogen) atoms. The van der Waals surface area contributed by atoms with Crippen LogP contribution >= 0.6 is 50.2 Å².